The fourth-order valence-corrected chi connectivity index (χ4v) is 3.38. The lowest BCUT2D eigenvalue weighted by atomic mass is 10.1. The van der Waals surface area contributed by atoms with Crippen LogP contribution in [0.25, 0.3) is 0 Å². The highest BCUT2D eigenvalue weighted by molar-refractivity contribution is 7.89. The maximum Gasteiger partial charge on any atom is 0.242 e. The smallest absolute Gasteiger partial charge is 0.242 e. The molecule has 1 aliphatic rings. The monoisotopic (exact) mass is 328 g/mol. The van der Waals surface area contributed by atoms with Crippen LogP contribution >= 0.6 is 12.2 Å². The topological polar surface area (TPSA) is 88.3 Å². The summed E-state index contributed by atoms with van der Waals surface area (Å²) in [6.07, 6.45) is 4.93. The summed E-state index contributed by atoms with van der Waals surface area (Å²) in [7, 11) is -3.53. The molecule has 1 saturated heterocycles. The van der Waals surface area contributed by atoms with E-state index in [-0.39, 0.29) is 9.88 Å². The molecule has 0 aromatic carbocycles. The fraction of sp³-hybridized carbons (Fsp3) is 0.538. The number of nitrogens with zero attached hydrogens (tertiary/aromatic N) is 2. The second-order valence-electron chi connectivity index (χ2n) is 5.04. The summed E-state index contributed by atoms with van der Waals surface area (Å²) in [5, 5.41) is 0. The number of nitrogens with two attached hydrogens (primary N) is 1. The molecule has 8 heteroatoms. The van der Waals surface area contributed by atoms with Crippen molar-refractivity contribution in [2.24, 2.45) is 5.73 Å². The first-order valence-corrected chi connectivity index (χ1v) is 8.86. The van der Waals surface area contributed by atoms with Crippen LogP contribution in [0.4, 0.5) is 0 Å². The summed E-state index contributed by atoms with van der Waals surface area (Å²) in [6, 6.07) is 2.98. The molecule has 2 rings (SSSR count). The van der Waals surface area contributed by atoms with Gasteiger partial charge in [-0.25, -0.2) is 13.1 Å². The zero-order valence-electron chi connectivity index (χ0n) is 11.8. The molecular weight excluding hydrogens is 308 g/mol. The number of hydrogen-bond acceptors (Lipinski definition) is 5. The van der Waals surface area contributed by atoms with Gasteiger partial charge in [0, 0.05) is 19.3 Å². The number of hydrogen-bond donors (Lipinski definition) is 2. The van der Waals surface area contributed by atoms with Gasteiger partial charge in [0.25, 0.3) is 0 Å². The van der Waals surface area contributed by atoms with Gasteiger partial charge < -0.3 is 10.6 Å². The van der Waals surface area contributed by atoms with Gasteiger partial charge in [0.1, 0.15) is 9.88 Å². The Morgan fingerprint density at radius 1 is 1.33 bits per heavy atom. The molecule has 2 heterocycles. The van der Waals surface area contributed by atoms with Gasteiger partial charge in [0.2, 0.25) is 10.0 Å². The second-order valence-corrected chi connectivity index (χ2v) is 7.25. The van der Waals surface area contributed by atoms with E-state index in [1.54, 1.807) is 0 Å². The maximum atomic E-state index is 12.1. The zero-order valence-corrected chi connectivity index (χ0v) is 13.4. The van der Waals surface area contributed by atoms with Crippen molar-refractivity contribution in [2.45, 2.75) is 24.2 Å². The molecule has 0 radical (unpaired) electrons. The number of pyridine rings is 1. The van der Waals surface area contributed by atoms with Gasteiger partial charge in [0.05, 0.1) is 5.69 Å². The van der Waals surface area contributed by atoms with Crippen LogP contribution in [0.1, 0.15) is 25.0 Å². The number of aromatic nitrogens is 1. The number of likely N-dealkylation sites (tertiary alicyclic amines) is 1. The van der Waals surface area contributed by atoms with Crippen LogP contribution in [-0.2, 0) is 10.0 Å². The van der Waals surface area contributed by atoms with E-state index >= 15 is 0 Å². The van der Waals surface area contributed by atoms with Crippen LogP contribution in [0.5, 0.6) is 0 Å². The lowest BCUT2D eigenvalue weighted by Gasteiger charge is -2.26. The molecule has 0 saturated carbocycles. The van der Waals surface area contributed by atoms with E-state index in [1.807, 2.05) is 0 Å². The maximum absolute atomic E-state index is 12.1. The molecule has 1 aliphatic heterocycles. The Labute approximate surface area is 130 Å². The first kappa shape index (κ1) is 16.3. The molecule has 116 valence electrons. The average Bonchev–Trinajstić information content (AvgIpc) is 2.48. The van der Waals surface area contributed by atoms with Crippen molar-refractivity contribution in [1.82, 2.24) is 14.6 Å². The quantitative estimate of drug-likeness (QED) is 0.739. The highest BCUT2D eigenvalue weighted by Gasteiger charge is 2.16. The van der Waals surface area contributed by atoms with Crippen molar-refractivity contribution in [2.75, 3.05) is 26.2 Å². The van der Waals surface area contributed by atoms with Crippen LogP contribution in [0.15, 0.2) is 23.2 Å². The summed E-state index contributed by atoms with van der Waals surface area (Å²) in [6.45, 7) is 3.23. The van der Waals surface area contributed by atoms with Crippen molar-refractivity contribution in [3.8, 4) is 0 Å². The Balaban J connectivity index is 1.90. The minimum atomic E-state index is -3.53. The summed E-state index contributed by atoms with van der Waals surface area (Å²) in [5.41, 5.74) is 5.85. The molecule has 0 unspecified atom stereocenters. The molecule has 0 spiro atoms. The van der Waals surface area contributed by atoms with E-state index < -0.39 is 10.0 Å². The van der Waals surface area contributed by atoms with Gasteiger partial charge in [-0.15, -0.1) is 0 Å². The highest BCUT2D eigenvalue weighted by atomic mass is 32.2. The predicted molar refractivity (Wildman–Crippen MR) is 85.6 cm³/mol. The number of rotatable bonds is 6. The normalized spacial score (nSPS) is 16.8. The lowest BCUT2D eigenvalue weighted by Crippen LogP contribution is -2.37. The van der Waals surface area contributed by atoms with Crippen LogP contribution in [0, 0.1) is 0 Å². The van der Waals surface area contributed by atoms with Crippen LogP contribution < -0.4 is 10.5 Å². The van der Waals surface area contributed by atoms with E-state index in [2.05, 4.69) is 14.6 Å². The Bertz CT molecular complexity index is 581. The van der Waals surface area contributed by atoms with E-state index in [0.29, 0.717) is 12.2 Å². The lowest BCUT2D eigenvalue weighted by molar-refractivity contribution is 0.233. The SMILES string of the molecule is NC(=S)c1ccc(S(=O)(=O)NCCN2CCCCC2)cn1. The van der Waals surface area contributed by atoms with E-state index in [9.17, 15) is 8.42 Å². The predicted octanol–water partition coefficient (Wildman–Crippen LogP) is 0.480. The van der Waals surface area contributed by atoms with E-state index in [1.165, 1.54) is 37.6 Å². The van der Waals surface area contributed by atoms with Crippen molar-refractivity contribution < 1.29 is 8.42 Å². The number of piperidine rings is 1. The van der Waals surface area contributed by atoms with Crippen molar-refractivity contribution >= 4 is 27.2 Å². The molecular formula is C13H20N4O2S2. The molecule has 6 nitrogen and oxygen atoms in total. The Kier molecular flexibility index (Phi) is 5.63. The first-order valence-electron chi connectivity index (χ1n) is 6.97. The third-order valence-corrected chi connectivity index (χ3v) is 5.12. The van der Waals surface area contributed by atoms with Gasteiger partial charge in [0.15, 0.2) is 0 Å². The second kappa shape index (κ2) is 7.26. The average molecular weight is 328 g/mol. The standard InChI is InChI=1S/C13H20N4O2S2/c14-13(20)12-5-4-11(10-15-12)21(18,19)16-6-9-17-7-2-1-3-8-17/h4-5,10,16H,1-3,6-9H2,(H2,14,20). The minimum Gasteiger partial charge on any atom is -0.388 e. The minimum absolute atomic E-state index is 0.126. The third-order valence-electron chi connectivity index (χ3n) is 3.47. The van der Waals surface area contributed by atoms with Gasteiger partial charge in [-0.3, -0.25) is 4.98 Å². The van der Waals surface area contributed by atoms with Crippen LogP contribution in [-0.4, -0.2) is 49.5 Å². The molecule has 21 heavy (non-hydrogen) atoms. The highest BCUT2D eigenvalue weighted by Crippen LogP contribution is 2.09. The Morgan fingerprint density at radius 2 is 2.05 bits per heavy atom. The molecule has 0 aliphatic carbocycles. The Hall–Kier alpha value is -1.09. The van der Waals surface area contributed by atoms with Crippen LogP contribution in [0.3, 0.4) is 0 Å². The summed E-state index contributed by atoms with van der Waals surface area (Å²) in [4.78, 5) is 6.50. The molecule has 0 atom stereocenters. The van der Waals surface area contributed by atoms with E-state index in [4.69, 9.17) is 18.0 Å². The summed E-state index contributed by atoms with van der Waals surface area (Å²) in [5.74, 6) is 0. The van der Waals surface area contributed by atoms with Gasteiger partial charge in [-0.1, -0.05) is 18.6 Å². The number of nitrogens with one attached hydrogen (secondary N) is 1. The molecule has 1 aromatic heterocycles. The van der Waals surface area contributed by atoms with Crippen LogP contribution in [0.2, 0.25) is 0 Å². The molecule has 0 bridgehead atoms. The largest absolute Gasteiger partial charge is 0.388 e. The molecule has 3 N–H and O–H groups in total. The number of sulfonamides is 1. The Morgan fingerprint density at radius 3 is 2.62 bits per heavy atom. The summed E-state index contributed by atoms with van der Waals surface area (Å²) < 4.78 is 26.8. The third kappa shape index (κ3) is 4.70. The van der Waals surface area contributed by atoms with E-state index in [0.717, 1.165) is 19.6 Å². The van der Waals surface area contributed by atoms with Crippen molar-refractivity contribution in [3.63, 3.8) is 0 Å². The summed E-state index contributed by atoms with van der Waals surface area (Å²) >= 11 is 4.79. The number of thiocarbonyl (C=S) groups is 1. The molecule has 0 amide bonds. The van der Waals surface area contributed by atoms with Gasteiger partial charge in [-0.2, -0.15) is 0 Å². The van der Waals surface area contributed by atoms with Crippen molar-refractivity contribution in [3.05, 3.63) is 24.0 Å². The van der Waals surface area contributed by atoms with Gasteiger partial charge >= 0.3 is 0 Å². The zero-order chi connectivity index (χ0) is 15.3. The first-order chi connectivity index (χ1) is 9.99. The van der Waals surface area contributed by atoms with Gasteiger partial charge in [-0.05, 0) is 38.1 Å². The van der Waals surface area contributed by atoms with Crippen molar-refractivity contribution in [1.29, 1.82) is 0 Å². The molecule has 1 fully saturated rings. The fourth-order valence-electron chi connectivity index (χ4n) is 2.29. The molecule has 1 aromatic rings.